The number of nitrogens with one attached hydrogen (secondary N) is 1. The van der Waals surface area contributed by atoms with E-state index in [0.717, 1.165) is 0 Å². The van der Waals surface area contributed by atoms with E-state index in [0.29, 0.717) is 34.7 Å². The van der Waals surface area contributed by atoms with Crippen molar-refractivity contribution in [1.82, 2.24) is 10.3 Å². The van der Waals surface area contributed by atoms with E-state index in [2.05, 4.69) is 20.3 Å². The molecule has 2 heterocycles. The zero-order valence-corrected chi connectivity index (χ0v) is 12.0. The second-order valence-corrected chi connectivity index (χ2v) is 4.79. The van der Waals surface area contributed by atoms with Gasteiger partial charge in [-0.25, -0.2) is 4.98 Å². The number of nitrogens with two attached hydrogens (primary N) is 2. The van der Waals surface area contributed by atoms with Crippen LogP contribution in [0, 0.1) is 11.5 Å². The topological polar surface area (TPSA) is 139 Å². The van der Waals surface area contributed by atoms with Gasteiger partial charge in [-0.2, -0.15) is 10.3 Å². The van der Waals surface area contributed by atoms with Crippen LogP contribution in [0.25, 0.3) is 11.5 Å². The molecule has 2 rings (SSSR count). The van der Waals surface area contributed by atoms with Gasteiger partial charge in [-0.05, 0) is 19.1 Å². The number of aromatic nitrogens is 1. The summed E-state index contributed by atoms with van der Waals surface area (Å²) in [4.78, 5) is 12.3. The van der Waals surface area contributed by atoms with Gasteiger partial charge in [0.05, 0.1) is 6.54 Å². The van der Waals surface area contributed by atoms with Crippen molar-refractivity contribution in [2.24, 2.45) is 21.5 Å². The highest BCUT2D eigenvalue weighted by Crippen LogP contribution is 2.28. The highest BCUT2D eigenvalue weighted by atomic mass is 32.1. The Morgan fingerprint density at radius 2 is 2.33 bits per heavy atom. The Labute approximate surface area is 124 Å². The van der Waals surface area contributed by atoms with Crippen LogP contribution in [0.1, 0.15) is 12.7 Å². The largest absolute Gasteiger partial charge is 0.457 e. The van der Waals surface area contributed by atoms with Crippen molar-refractivity contribution in [3.8, 4) is 17.6 Å². The minimum Gasteiger partial charge on any atom is -0.457 e. The van der Waals surface area contributed by atoms with E-state index in [-0.39, 0.29) is 5.96 Å². The van der Waals surface area contributed by atoms with Gasteiger partial charge in [-0.15, -0.1) is 11.3 Å². The summed E-state index contributed by atoms with van der Waals surface area (Å²) in [5, 5.41) is 13.2. The monoisotopic (exact) mass is 303 g/mol. The summed E-state index contributed by atoms with van der Waals surface area (Å²) in [6.45, 7) is 2.04. The lowest BCUT2D eigenvalue weighted by molar-refractivity contribution is 0.524. The SMILES string of the molecule is CC(=NCc1ccc(-c2csc(N=C(N)N)n2)o1)NC#N. The maximum atomic E-state index is 8.45. The molecule has 0 aliphatic rings. The van der Waals surface area contributed by atoms with Gasteiger partial charge >= 0.3 is 0 Å². The summed E-state index contributed by atoms with van der Waals surface area (Å²) in [6.07, 6.45) is 1.80. The number of rotatable bonds is 4. The maximum Gasteiger partial charge on any atom is 0.212 e. The van der Waals surface area contributed by atoms with Crippen molar-refractivity contribution in [3.63, 3.8) is 0 Å². The molecule has 21 heavy (non-hydrogen) atoms. The minimum atomic E-state index is -0.0363. The first-order valence-corrected chi connectivity index (χ1v) is 6.77. The minimum absolute atomic E-state index is 0.0363. The molecule has 0 atom stereocenters. The van der Waals surface area contributed by atoms with E-state index in [1.54, 1.807) is 30.6 Å². The van der Waals surface area contributed by atoms with Gasteiger partial charge in [0.15, 0.2) is 17.9 Å². The smallest absolute Gasteiger partial charge is 0.212 e. The van der Waals surface area contributed by atoms with E-state index in [4.69, 9.17) is 21.1 Å². The molecule has 9 heteroatoms. The molecule has 5 N–H and O–H groups in total. The number of hydrogen-bond acceptors (Lipinski definition) is 6. The number of furan rings is 1. The lowest BCUT2D eigenvalue weighted by Gasteiger charge is -1.95. The Morgan fingerprint density at radius 1 is 1.52 bits per heavy atom. The van der Waals surface area contributed by atoms with Gasteiger partial charge in [0, 0.05) is 5.38 Å². The summed E-state index contributed by atoms with van der Waals surface area (Å²) in [5.74, 6) is 1.77. The van der Waals surface area contributed by atoms with Crippen LogP contribution in [0.3, 0.4) is 0 Å². The average molecular weight is 303 g/mol. The molecule has 0 spiro atoms. The number of aliphatic imine (C=N–C) groups is 2. The van der Waals surface area contributed by atoms with Gasteiger partial charge in [0.1, 0.15) is 17.3 Å². The third kappa shape index (κ3) is 4.05. The summed E-state index contributed by atoms with van der Waals surface area (Å²) in [5.41, 5.74) is 11.2. The molecule has 0 aromatic carbocycles. The molecule has 0 unspecified atom stereocenters. The normalized spacial score (nSPS) is 11.0. The maximum absolute atomic E-state index is 8.45. The molecule has 0 radical (unpaired) electrons. The third-order valence-electron chi connectivity index (χ3n) is 2.34. The molecule has 0 aliphatic carbocycles. The summed E-state index contributed by atoms with van der Waals surface area (Å²) in [6, 6.07) is 3.60. The van der Waals surface area contributed by atoms with Crippen molar-refractivity contribution in [3.05, 3.63) is 23.3 Å². The first-order chi connectivity index (χ1) is 10.1. The van der Waals surface area contributed by atoms with E-state index < -0.39 is 0 Å². The fraction of sp³-hybridized carbons (Fsp3) is 0.167. The lowest BCUT2D eigenvalue weighted by atomic mass is 10.3. The Morgan fingerprint density at radius 3 is 3.05 bits per heavy atom. The van der Waals surface area contributed by atoms with Crippen molar-refractivity contribution >= 4 is 28.3 Å². The van der Waals surface area contributed by atoms with E-state index in [9.17, 15) is 0 Å². The molecular weight excluding hydrogens is 290 g/mol. The summed E-state index contributed by atoms with van der Waals surface area (Å²) >= 11 is 1.31. The van der Waals surface area contributed by atoms with Crippen LogP contribution >= 0.6 is 11.3 Å². The van der Waals surface area contributed by atoms with Crippen LogP contribution in [0.5, 0.6) is 0 Å². The number of thiazole rings is 1. The van der Waals surface area contributed by atoms with E-state index in [1.807, 2.05) is 0 Å². The third-order valence-corrected chi connectivity index (χ3v) is 3.07. The summed E-state index contributed by atoms with van der Waals surface area (Å²) < 4.78 is 5.63. The number of hydrogen-bond donors (Lipinski definition) is 3. The van der Waals surface area contributed by atoms with Crippen molar-refractivity contribution in [2.75, 3.05) is 0 Å². The van der Waals surface area contributed by atoms with Crippen LogP contribution in [0.2, 0.25) is 0 Å². The van der Waals surface area contributed by atoms with Gasteiger partial charge in [-0.3, -0.25) is 10.3 Å². The number of nitriles is 1. The molecule has 0 aliphatic heterocycles. The predicted molar refractivity (Wildman–Crippen MR) is 80.8 cm³/mol. The Hall–Kier alpha value is -2.86. The van der Waals surface area contributed by atoms with E-state index >= 15 is 0 Å². The Kier molecular flexibility index (Phi) is 4.53. The second kappa shape index (κ2) is 6.53. The molecule has 0 saturated heterocycles. The first-order valence-electron chi connectivity index (χ1n) is 5.89. The quantitative estimate of drug-likeness (QED) is 0.337. The number of nitrogens with zero attached hydrogens (tertiary/aromatic N) is 4. The second-order valence-electron chi connectivity index (χ2n) is 3.96. The van der Waals surface area contributed by atoms with Crippen LogP contribution in [0.4, 0.5) is 5.13 Å². The standard InChI is InChI=1S/C12H13N7OS/c1-7(17-6-13)16-4-8-2-3-10(20-8)9-5-21-12(18-9)19-11(14)15/h2-3,5H,4H2,1H3,(H,16,17)(H4,14,15,18,19). The fourth-order valence-corrected chi connectivity index (χ4v) is 2.15. The van der Waals surface area contributed by atoms with Crippen molar-refractivity contribution in [2.45, 2.75) is 13.5 Å². The first kappa shape index (κ1) is 14.5. The zero-order valence-electron chi connectivity index (χ0n) is 11.2. The fourth-order valence-electron chi connectivity index (χ4n) is 1.46. The van der Waals surface area contributed by atoms with Gasteiger partial charge in [0.2, 0.25) is 5.13 Å². The molecule has 8 nitrogen and oxygen atoms in total. The van der Waals surface area contributed by atoms with Gasteiger partial charge in [0.25, 0.3) is 0 Å². The molecular formula is C12H13N7OS. The zero-order chi connectivity index (χ0) is 15.2. The Balaban J connectivity index is 2.10. The highest BCUT2D eigenvalue weighted by Gasteiger charge is 2.09. The van der Waals surface area contributed by atoms with Crippen LogP contribution < -0.4 is 16.8 Å². The molecule has 0 bridgehead atoms. The van der Waals surface area contributed by atoms with Crippen LogP contribution in [-0.2, 0) is 6.54 Å². The van der Waals surface area contributed by atoms with Crippen LogP contribution in [-0.4, -0.2) is 16.8 Å². The molecule has 0 amide bonds. The molecule has 2 aromatic rings. The summed E-state index contributed by atoms with van der Waals surface area (Å²) in [7, 11) is 0. The Bertz CT molecular complexity index is 718. The number of amidine groups is 1. The van der Waals surface area contributed by atoms with Gasteiger partial charge < -0.3 is 15.9 Å². The lowest BCUT2D eigenvalue weighted by Crippen LogP contribution is -2.21. The molecule has 2 aromatic heterocycles. The van der Waals surface area contributed by atoms with Gasteiger partial charge in [-0.1, -0.05) is 0 Å². The van der Waals surface area contributed by atoms with E-state index in [1.165, 1.54) is 11.3 Å². The molecule has 0 fully saturated rings. The predicted octanol–water partition coefficient (Wildman–Crippen LogP) is 1.30. The van der Waals surface area contributed by atoms with Crippen molar-refractivity contribution < 1.29 is 4.42 Å². The molecule has 0 saturated carbocycles. The average Bonchev–Trinajstić information content (AvgIpc) is 3.04. The number of guanidine groups is 1. The van der Waals surface area contributed by atoms with Crippen LogP contribution in [0.15, 0.2) is 31.9 Å². The van der Waals surface area contributed by atoms with Crippen molar-refractivity contribution in [1.29, 1.82) is 5.26 Å². The molecule has 108 valence electrons. The highest BCUT2D eigenvalue weighted by molar-refractivity contribution is 7.13.